The summed E-state index contributed by atoms with van der Waals surface area (Å²) in [6, 6.07) is 7.69. The summed E-state index contributed by atoms with van der Waals surface area (Å²) >= 11 is 6.24. The molecule has 1 aromatic heterocycles. The lowest BCUT2D eigenvalue weighted by Crippen LogP contribution is -2.33. The van der Waals surface area contributed by atoms with Crippen LogP contribution in [0.3, 0.4) is 0 Å². The number of aryl methyl sites for hydroxylation is 3. The normalized spacial score (nSPS) is 15.4. The number of carbonyl (C=O) groups is 1. The SMILES string of the molecule is CC[n+]1c(C=CC2=C3N(C)c4cc(C(=O)O)c(Cl)cc4N3CC2)oc2cc(C)c(C)cc21. The van der Waals surface area contributed by atoms with E-state index in [1.165, 1.54) is 16.7 Å². The topological polar surface area (TPSA) is 60.8 Å². The predicted molar refractivity (Wildman–Crippen MR) is 126 cm³/mol. The van der Waals surface area contributed by atoms with Crippen molar-refractivity contribution in [2.75, 3.05) is 23.4 Å². The van der Waals surface area contributed by atoms with Gasteiger partial charge in [0.2, 0.25) is 5.58 Å². The average Bonchev–Trinajstić information content (AvgIpc) is 3.39. The van der Waals surface area contributed by atoms with Crippen LogP contribution in [0.1, 0.15) is 40.7 Å². The molecule has 0 saturated heterocycles. The van der Waals surface area contributed by atoms with Gasteiger partial charge >= 0.3 is 11.9 Å². The van der Waals surface area contributed by atoms with Crippen LogP contribution in [0.4, 0.5) is 11.4 Å². The molecule has 0 radical (unpaired) electrons. The van der Waals surface area contributed by atoms with Crippen LogP contribution >= 0.6 is 11.6 Å². The number of carboxylic acids is 1. The lowest BCUT2D eigenvalue weighted by Gasteiger charge is -2.17. The van der Waals surface area contributed by atoms with E-state index in [0.717, 1.165) is 53.7 Å². The molecule has 7 heteroatoms. The molecule has 3 heterocycles. The Morgan fingerprint density at radius 1 is 1.19 bits per heavy atom. The monoisotopic (exact) mass is 450 g/mol. The van der Waals surface area contributed by atoms with Crippen LogP contribution in [-0.4, -0.2) is 24.7 Å². The number of allylic oxidation sites excluding steroid dienone is 1. The van der Waals surface area contributed by atoms with E-state index in [-0.39, 0.29) is 10.6 Å². The second-order valence-corrected chi connectivity index (χ2v) is 8.76. The number of carboxylic acid groups (broad SMARTS) is 1. The van der Waals surface area contributed by atoms with Crippen molar-refractivity contribution in [3.8, 4) is 0 Å². The van der Waals surface area contributed by atoms with E-state index in [9.17, 15) is 9.90 Å². The average molecular weight is 451 g/mol. The smallest absolute Gasteiger partial charge is 0.374 e. The van der Waals surface area contributed by atoms with Crippen molar-refractivity contribution in [2.24, 2.45) is 0 Å². The summed E-state index contributed by atoms with van der Waals surface area (Å²) in [4.78, 5) is 15.8. The van der Waals surface area contributed by atoms with Crippen LogP contribution in [0.2, 0.25) is 5.02 Å². The number of benzene rings is 2. The number of hydrogen-bond donors (Lipinski definition) is 1. The van der Waals surface area contributed by atoms with Gasteiger partial charge in [-0.1, -0.05) is 11.6 Å². The second kappa shape index (κ2) is 7.41. The fraction of sp³-hybridized carbons (Fsp3) is 0.280. The maximum Gasteiger partial charge on any atom is 0.374 e. The molecule has 1 N–H and O–H groups in total. The molecule has 2 aromatic carbocycles. The minimum atomic E-state index is -1.02. The number of anilines is 2. The number of aromatic nitrogens is 1. The predicted octanol–water partition coefficient (Wildman–Crippen LogP) is 5.29. The third kappa shape index (κ3) is 3.01. The Hall–Kier alpha value is -3.25. The minimum absolute atomic E-state index is 0.119. The van der Waals surface area contributed by atoms with Gasteiger partial charge in [0.25, 0.3) is 5.52 Å². The molecular formula is C25H25ClN3O3+. The Bertz CT molecular complexity index is 1350. The molecule has 5 rings (SSSR count). The summed E-state index contributed by atoms with van der Waals surface area (Å²) in [5.41, 5.74) is 7.54. The number of aromatic carboxylic acids is 1. The first-order valence-electron chi connectivity index (χ1n) is 10.7. The standard InChI is InChI=1S/C25H24ClN3O3/c1-5-28-21-10-14(2)15(3)11-22(21)32-23(28)7-6-16-8-9-29-20-13-18(26)17(25(30)31)12-19(20)27(4)24(16)29/h6-7,10-13H,5,8-9H2,1-4H3/p+1. The van der Waals surface area contributed by atoms with Crippen LogP contribution in [-0.2, 0) is 6.54 Å². The fourth-order valence-electron chi connectivity index (χ4n) is 4.70. The van der Waals surface area contributed by atoms with E-state index >= 15 is 0 Å². The van der Waals surface area contributed by atoms with Gasteiger partial charge in [-0.3, -0.25) is 0 Å². The van der Waals surface area contributed by atoms with Crippen LogP contribution in [0.25, 0.3) is 17.2 Å². The Morgan fingerprint density at radius 2 is 1.94 bits per heavy atom. The summed E-state index contributed by atoms with van der Waals surface area (Å²) in [5.74, 6) is 0.848. The zero-order valence-electron chi connectivity index (χ0n) is 18.6. The summed E-state index contributed by atoms with van der Waals surface area (Å²) < 4.78 is 8.37. The maximum absolute atomic E-state index is 11.5. The third-order valence-corrected chi connectivity index (χ3v) is 6.81. The van der Waals surface area contributed by atoms with Gasteiger partial charge in [0.1, 0.15) is 12.4 Å². The maximum atomic E-state index is 11.5. The molecule has 0 bridgehead atoms. The molecule has 0 aliphatic carbocycles. The lowest BCUT2D eigenvalue weighted by atomic mass is 10.1. The first-order chi connectivity index (χ1) is 15.3. The second-order valence-electron chi connectivity index (χ2n) is 8.36. The quantitative estimate of drug-likeness (QED) is 0.547. The van der Waals surface area contributed by atoms with Crippen LogP contribution in [0.5, 0.6) is 0 Å². The number of nitrogens with zero attached hydrogens (tertiary/aromatic N) is 3. The van der Waals surface area contributed by atoms with Gasteiger partial charge in [-0.15, -0.1) is 0 Å². The largest absolute Gasteiger partial charge is 0.478 e. The van der Waals surface area contributed by atoms with E-state index in [4.69, 9.17) is 16.0 Å². The van der Waals surface area contributed by atoms with Gasteiger partial charge in [-0.25, -0.2) is 4.79 Å². The molecule has 0 unspecified atom stereocenters. The molecule has 0 fully saturated rings. The molecule has 164 valence electrons. The van der Waals surface area contributed by atoms with Crippen molar-refractivity contribution >= 4 is 46.1 Å². The lowest BCUT2D eigenvalue weighted by molar-refractivity contribution is -0.674. The van der Waals surface area contributed by atoms with Crippen molar-refractivity contribution in [1.82, 2.24) is 0 Å². The Morgan fingerprint density at radius 3 is 2.66 bits per heavy atom. The highest BCUT2D eigenvalue weighted by atomic mass is 35.5. The highest BCUT2D eigenvalue weighted by Crippen LogP contribution is 2.47. The zero-order chi connectivity index (χ0) is 22.7. The van der Waals surface area contributed by atoms with Crippen molar-refractivity contribution in [1.29, 1.82) is 0 Å². The van der Waals surface area contributed by atoms with Crippen LogP contribution < -0.4 is 14.4 Å². The molecule has 3 aromatic rings. The molecule has 0 atom stereocenters. The molecular weight excluding hydrogens is 426 g/mol. The molecule has 0 amide bonds. The van der Waals surface area contributed by atoms with Crippen molar-refractivity contribution in [3.05, 3.63) is 69.3 Å². The van der Waals surface area contributed by atoms with Gasteiger partial charge in [0.15, 0.2) is 0 Å². The van der Waals surface area contributed by atoms with Gasteiger partial charge in [-0.2, -0.15) is 4.57 Å². The van der Waals surface area contributed by atoms with Gasteiger partial charge in [0, 0.05) is 19.7 Å². The molecule has 6 nitrogen and oxygen atoms in total. The highest BCUT2D eigenvalue weighted by Gasteiger charge is 2.36. The molecule has 0 saturated carbocycles. The minimum Gasteiger partial charge on any atom is -0.478 e. The highest BCUT2D eigenvalue weighted by molar-refractivity contribution is 6.34. The Balaban J connectivity index is 1.55. The first kappa shape index (κ1) is 20.6. The van der Waals surface area contributed by atoms with E-state index in [1.807, 2.05) is 18.0 Å². The Kier molecular flexibility index (Phi) is 4.78. The third-order valence-electron chi connectivity index (χ3n) is 6.50. The molecule has 0 spiro atoms. The van der Waals surface area contributed by atoms with Gasteiger partial charge in [-0.05, 0) is 68.2 Å². The van der Waals surface area contributed by atoms with Gasteiger partial charge < -0.3 is 19.3 Å². The summed E-state index contributed by atoms with van der Waals surface area (Å²) in [5, 5.41) is 9.70. The van der Waals surface area contributed by atoms with Crippen molar-refractivity contribution < 1.29 is 18.9 Å². The Labute approximate surface area is 191 Å². The van der Waals surface area contributed by atoms with Crippen molar-refractivity contribution in [3.63, 3.8) is 0 Å². The number of halogens is 1. The van der Waals surface area contributed by atoms with E-state index in [2.05, 4.69) is 48.4 Å². The molecule has 2 aliphatic rings. The van der Waals surface area contributed by atoms with Crippen LogP contribution in [0.15, 0.2) is 46.2 Å². The molecule has 2 aliphatic heterocycles. The van der Waals surface area contributed by atoms with E-state index in [0.29, 0.717) is 0 Å². The van der Waals surface area contributed by atoms with Gasteiger partial charge in [0.05, 0.1) is 28.0 Å². The summed E-state index contributed by atoms with van der Waals surface area (Å²) in [6.07, 6.45) is 5.03. The number of hydrogen-bond acceptors (Lipinski definition) is 4. The number of oxazole rings is 1. The summed E-state index contributed by atoms with van der Waals surface area (Å²) in [6.45, 7) is 7.97. The first-order valence-corrected chi connectivity index (χ1v) is 11.1. The van der Waals surface area contributed by atoms with E-state index in [1.54, 1.807) is 12.1 Å². The molecule has 32 heavy (non-hydrogen) atoms. The van der Waals surface area contributed by atoms with Crippen LogP contribution in [0, 0.1) is 13.8 Å². The van der Waals surface area contributed by atoms with Crippen molar-refractivity contribution in [2.45, 2.75) is 33.7 Å². The zero-order valence-corrected chi connectivity index (χ0v) is 19.3. The number of rotatable bonds is 4. The summed E-state index contributed by atoms with van der Waals surface area (Å²) in [7, 11) is 1.96. The number of fused-ring (bicyclic) bond motifs is 4. The van der Waals surface area contributed by atoms with E-state index < -0.39 is 5.97 Å². The fourth-order valence-corrected chi connectivity index (χ4v) is 4.94.